The molecule has 6 aromatic heterocycles. The summed E-state index contributed by atoms with van der Waals surface area (Å²) in [6.07, 6.45) is 11.1. The standard InChI is InChI=1S/C28H28NSi.C27H25FNSi.C21H22NSi.3C11H8N.3Ir/c1-20-9-6-7-12-26(20)23-10-8-11-24(18-23)28-17-21(2)27(19-29-28)22-13-15-25(16-14-22)30(3,4)5;1-19-16-27(22-9-7-8-21(17-22)24-10-5-6-11-26(24)28)29-18-25(19)20-12-14-23(15-13-20)30(2,3)4;1-16-14-21(18-8-6-5-7-9-18)22-15-20(16)17-10-12-19(13-11-17)23(2,3)4;3*1-2-6-10(7-3-1)11-8-4-5-9-12-11;;;/h6-10,12-19H,1-5H3;5-8,10-18H,1-4H3;5-8,10-15H,1-4H3;3*1-6,8-9H;;;/q6*-1;;;/i;;5D,6D,7D,8D;;;;;;. The zero-order valence-corrected chi connectivity index (χ0v) is 81.1. The zero-order chi connectivity index (χ0) is 87.2. The molecule has 11 aromatic carbocycles. The summed E-state index contributed by atoms with van der Waals surface area (Å²) in [6, 6.07) is 119. The number of rotatable bonds is 14. The molecule has 0 amide bonds. The maximum atomic E-state index is 14.2. The summed E-state index contributed by atoms with van der Waals surface area (Å²) in [5, 5.41) is 4.34. The van der Waals surface area contributed by atoms with Gasteiger partial charge in [-0.05, 0) is 139 Å². The van der Waals surface area contributed by atoms with Crippen molar-refractivity contribution in [1.82, 2.24) is 29.9 Å². The van der Waals surface area contributed by atoms with Crippen LogP contribution in [0, 0.1) is 69.9 Å². The van der Waals surface area contributed by atoms with Crippen molar-refractivity contribution in [2.75, 3.05) is 0 Å². The Morgan fingerprint density at radius 1 is 0.262 bits per heavy atom. The Balaban J connectivity index is 0.000000177. The Hall–Kier alpha value is -11.2. The average molecular weight is 2180 g/mol. The van der Waals surface area contributed by atoms with E-state index in [1.807, 2.05) is 183 Å². The Labute approximate surface area is 772 Å². The van der Waals surface area contributed by atoms with Gasteiger partial charge in [0.1, 0.15) is 5.82 Å². The summed E-state index contributed by atoms with van der Waals surface area (Å²) < 4.78 is 45.5. The summed E-state index contributed by atoms with van der Waals surface area (Å²) in [5.41, 5.74) is 25.9. The maximum Gasteiger partial charge on any atom is 0.129 e. The number of halogens is 1. The van der Waals surface area contributed by atoms with Crippen LogP contribution in [0.4, 0.5) is 4.39 Å². The van der Waals surface area contributed by atoms with Crippen LogP contribution in [0.1, 0.15) is 27.7 Å². The first kappa shape index (κ1) is 88.6. The van der Waals surface area contributed by atoms with Crippen LogP contribution in [-0.2, 0) is 60.3 Å². The Kier molecular flexibility index (Phi) is 33.2. The molecule has 0 aliphatic heterocycles. The van der Waals surface area contributed by atoms with Gasteiger partial charge in [0.25, 0.3) is 0 Å². The predicted octanol–water partition coefficient (Wildman–Crippen LogP) is 26.6. The summed E-state index contributed by atoms with van der Waals surface area (Å²) in [5.74, 6) is -0.226. The van der Waals surface area contributed by atoms with Crippen molar-refractivity contribution in [2.24, 2.45) is 0 Å². The largest absolute Gasteiger partial charge is 0.305 e. The monoisotopic (exact) mass is 2180 g/mol. The molecular weight excluding hydrogens is 2070 g/mol. The van der Waals surface area contributed by atoms with Gasteiger partial charge in [0.2, 0.25) is 0 Å². The van der Waals surface area contributed by atoms with Gasteiger partial charge in [-0.25, -0.2) is 4.39 Å². The van der Waals surface area contributed by atoms with E-state index in [2.05, 4.69) is 257 Å². The molecule has 0 saturated carbocycles. The second kappa shape index (κ2) is 45.7. The van der Waals surface area contributed by atoms with E-state index in [1.54, 1.807) is 36.9 Å². The number of benzene rings is 11. The van der Waals surface area contributed by atoms with Crippen LogP contribution >= 0.6 is 0 Å². The molecule has 0 unspecified atom stereocenters. The van der Waals surface area contributed by atoms with E-state index in [4.69, 9.17) is 15.5 Å². The molecule has 122 heavy (non-hydrogen) atoms. The van der Waals surface area contributed by atoms with E-state index >= 15 is 0 Å². The van der Waals surface area contributed by atoms with Crippen LogP contribution in [0.25, 0.3) is 123 Å². The van der Waals surface area contributed by atoms with Crippen molar-refractivity contribution in [2.45, 2.75) is 86.6 Å². The maximum absolute atomic E-state index is 14.2. The molecule has 0 atom stereocenters. The predicted molar refractivity (Wildman–Crippen MR) is 506 cm³/mol. The summed E-state index contributed by atoms with van der Waals surface area (Å²) >= 11 is 0. The van der Waals surface area contributed by atoms with Crippen LogP contribution < -0.4 is 15.6 Å². The summed E-state index contributed by atoms with van der Waals surface area (Å²) in [4.78, 5) is 26.6. The Morgan fingerprint density at radius 3 is 0.918 bits per heavy atom. The van der Waals surface area contributed by atoms with E-state index in [9.17, 15) is 4.39 Å². The van der Waals surface area contributed by atoms with Crippen LogP contribution in [0.5, 0.6) is 0 Å². The van der Waals surface area contributed by atoms with Crippen molar-refractivity contribution in [3.8, 4) is 123 Å². The second-order valence-electron chi connectivity index (χ2n) is 31.9. The van der Waals surface area contributed by atoms with E-state index in [1.165, 1.54) is 60.6 Å². The SMILES string of the molecule is Cc1cc(-c2[c-]ccc(-c3ccccc3F)c2)ncc1-c1ccc([Si](C)(C)C)cc1.Cc1ccccc1-c1cc[c-]c(-c2cc(C)c(-c3ccc([Si](C)(C)C)cc3)cn2)c1.[2H]c1[c-]c(-c2cc(C)c(-c3ccc([Si](C)(C)C)cc3)cn2)c([2H])c([2H])c1[2H].[Ir].[Ir].[Ir].[c-]1ccccc1-c1ccccn1.[c-]1ccccc1-c1ccccn1.[c-]1ccccc1-c1ccccn1. The van der Waals surface area contributed by atoms with Gasteiger partial charge in [-0.15, -0.1) is 209 Å². The van der Waals surface area contributed by atoms with E-state index in [0.717, 1.165) is 89.7 Å². The molecule has 617 valence electrons. The van der Waals surface area contributed by atoms with E-state index < -0.39 is 24.2 Å². The zero-order valence-electron chi connectivity index (χ0n) is 74.9. The average Bonchev–Trinajstić information content (AvgIpc) is 0.808. The molecule has 0 N–H and O–H groups in total. The molecule has 13 heteroatoms. The summed E-state index contributed by atoms with van der Waals surface area (Å²) in [6.45, 7) is 29.6. The minimum Gasteiger partial charge on any atom is -0.305 e. The van der Waals surface area contributed by atoms with Gasteiger partial charge in [-0.3, -0.25) is 0 Å². The van der Waals surface area contributed by atoms with Crippen LogP contribution in [0.15, 0.2) is 365 Å². The molecule has 0 aliphatic rings. The molecule has 0 fully saturated rings. The van der Waals surface area contributed by atoms with Gasteiger partial charge in [0.15, 0.2) is 0 Å². The fraction of sp³-hybridized carbons (Fsp3) is 0.119. The van der Waals surface area contributed by atoms with Crippen molar-refractivity contribution >= 4 is 39.8 Å². The quantitative estimate of drug-likeness (QED) is 0.0797. The van der Waals surface area contributed by atoms with Crippen molar-refractivity contribution in [3.05, 3.63) is 429 Å². The minimum absolute atomic E-state index is 0. The van der Waals surface area contributed by atoms with Crippen molar-refractivity contribution in [1.29, 1.82) is 0 Å². The first-order valence-corrected chi connectivity index (χ1v) is 50.4. The third-order valence-electron chi connectivity index (χ3n) is 20.0. The molecular formula is C109H99FIr3N6Si3-6. The number of pyridine rings is 6. The second-order valence-corrected chi connectivity index (χ2v) is 47.1. The molecule has 0 bridgehead atoms. The number of aryl methyl sites for hydroxylation is 4. The third-order valence-corrected chi connectivity index (χ3v) is 26.2. The minimum atomic E-state index is -1.34. The van der Waals surface area contributed by atoms with E-state index in [-0.39, 0.29) is 90.3 Å². The molecule has 6 heterocycles. The third kappa shape index (κ3) is 26.7. The number of hydrogen-bond donors (Lipinski definition) is 0. The molecule has 0 spiro atoms. The fourth-order valence-electron chi connectivity index (χ4n) is 13.2. The smallest absolute Gasteiger partial charge is 0.129 e. The number of aromatic nitrogens is 6. The van der Waals surface area contributed by atoms with E-state index in [0.29, 0.717) is 16.8 Å². The topological polar surface area (TPSA) is 77.3 Å². The fourth-order valence-corrected chi connectivity index (χ4v) is 16.7. The van der Waals surface area contributed by atoms with Crippen LogP contribution in [0.2, 0.25) is 58.9 Å². The van der Waals surface area contributed by atoms with Gasteiger partial charge in [-0.1, -0.05) is 250 Å². The first-order chi connectivity index (χ1) is 59.1. The van der Waals surface area contributed by atoms with Crippen LogP contribution in [0.3, 0.4) is 0 Å². The van der Waals surface area contributed by atoms with Crippen molar-refractivity contribution in [3.63, 3.8) is 0 Å². The molecule has 3 radical (unpaired) electrons. The normalized spacial score (nSPS) is 11.1. The molecule has 6 nitrogen and oxygen atoms in total. The Morgan fingerprint density at radius 2 is 0.590 bits per heavy atom. The van der Waals surface area contributed by atoms with Gasteiger partial charge >= 0.3 is 0 Å². The molecule has 0 saturated heterocycles. The van der Waals surface area contributed by atoms with Crippen molar-refractivity contribution < 1.29 is 70.2 Å². The van der Waals surface area contributed by atoms with Crippen LogP contribution in [-0.4, -0.2) is 54.1 Å². The Bertz CT molecular complexity index is 5850. The van der Waals surface area contributed by atoms with Gasteiger partial charge in [-0.2, -0.15) is 0 Å². The van der Waals surface area contributed by atoms with Gasteiger partial charge < -0.3 is 29.9 Å². The molecule has 0 aliphatic carbocycles. The number of hydrogen-bond acceptors (Lipinski definition) is 6. The molecule has 17 rings (SSSR count). The summed E-state index contributed by atoms with van der Waals surface area (Å²) in [7, 11) is -3.93. The van der Waals surface area contributed by atoms with Gasteiger partial charge in [0, 0.05) is 117 Å². The van der Waals surface area contributed by atoms with Gasteiger partial charge in [0.05, 0.1) is 24.2 Å². The molecule has 17 aromatic rings. The first-order valence-electron chi connectivity index (χ1n) is 41.9. The number of nitrogens with zero attached hydrogens (tertiary/aromatic N) is 6.